The molecule has 2 aromatic heterocycles. The molecule has 0 radical (unpaired) electrons. The van der Waals surface area contributed by atoms with Crippen molar-refractivity contribution < 1.29 is 14.3 Å². The van der Waals surface area contributed by atoms with Crippen molar-refractivity contribution in [1.29, 1.82) is 0 Å². The van der Waals surface area contributed by atoms with Crippen LogP contribution < -0.4 is 19.9 Å². The second-order valence-electron chi connectivity index (χ2n) is 10.3. The Labute approximate surface area is 242 Å². The smallest absolute Gasteiger partial charge is 0.267 e. The van der Waals surface area contributed by atoms with Crippen LogP contribution in [-0.4, -0.2) is 68.4 Å². The maximum Gasteiger partial charge on any atom is 0.267 e. The van der Waals surface area contributed by atoms with Crippen LogP contribution in [0, 0.1) is 6.92 Å². The number of aryl methyl sites for hydroxylation is 1. The molecular weight excluding hydrogens is 546 g/mol. The monoisotopic (exact) mass is 577 g/mol. The number of fused-ring (bicyclic) bond motifs is 2. The highest BCUT2D eigenvalue weighted by molar-refractivity contribution is 8.26. The minimum atomic E-state index is -0.194. The lowest BCUT2D eigenvalue weighted by Crippen LogP contribution is -2.47. The largest absolute Gasteiger partial charge is 0.454 e. The molecule has 2 saturated heterocycles. The van der Waals surface area contributed by atoms with Gasteiger partial charge in [-0.05, 0) is 55.7 Å². The molecule has 5 heterocycles. The van der Waals surface area contributed by atoms with E-state index in [2.05, 4.69) is 15.9 Å². The first-order valence-electron chi connectivity index (χ1n) is 13.5. The van der Waals surface area contributed by atoms with E-state index in [4.69, 9.17) is 26.7 Å². The number of rotatable bonds is 6. The van der Waals surface area contributed by atoms with Crippen LogP contribution in [0.25, 0.3) is 11.7 Å². The van der Waals surface area contributed by atoms with Crippen LogP contribution in [0.1, 0.15) is 37.0 Å². The zero-order valence-electron chi connectivity index (χ0n) is 22.8. The number of piperazine rings is 1. The molecule has 0 unspecified atom stereocenters. The number of anilines is 1. The van der Waals surface area contributed by atoms with Crippen LogP contribution in [0.2, 0.25) is 0 Å². The molecule has 6 rings (SSSR count). The van der Waals surface area contributed by atoms with Gasteiger partial charge in [-0.3, -0.25) is 23.8 Å². The lowest BCUT2D eigenvalue weighted by molar-refractivity contribution is -0.123. The summed E-state index contributed by atoms with van der Waals surface area (Å²) in [5.41, 5.74) is 2.92. The molecule has 0 aliphatic carbocycles. The average molecular weight is 578 g/mol. The summed E-state index contributed by atoms with van der Waals surface area (Å²) in [5, 5.41) is 0. The number of hydrogen-bond acceptors (Lipinski definition) is 9. The molecule has 0 saturated carbocycles. The standard InChI is InChI=1S/C29H31N5O4S2/c1-4-19(3)34-28(36)24(40-29(34)39)14-21-26(30-25-8-5-18(2)15-33(25)27(21)35)32-11-9-31(10-12-32)16-20-6-7-22-23(13-20)38-17-37-22/h5-8,13-15,19H,4,9-12,16-17H2,1-3H3/b24-14-/t19-/m0/s1. The Kier molecular flexibility index (Phi) is 7.28. The van der Waals surface area contributed by atoms with Crippen molar-refractivity contribution in [3.8, 4) is 11.5 Å². The summed E-state index contributed by atoms with van der Waals surface area (Å²) < 4.78 is 13.1. The van der Waals surface area contributed by atoms with Crippen LogP contribution in [0.4, 0.5) is 5.82 Å². The molecule has 3 aliphatic heterocycles. The Morgan fingerprint density at radius 3 is 2.65 bits per heavy atom. The zero-order valence-corrected chi connectivity index (χ0v) is 24.4. The summed E-state index contributed by atoms with van der Waals surface area (Å²) in [7, 11) is 0. The van der Waals surface area contributed by atoms with Gasteiger partial charge in [0, 0.05) is 45.0 Å². The van der Waals surface area contributed by atoms with Gasteiger partial charge in [0.2, 0.25) is 6.79 Å². The van der Waals surface area contributed by atoms with Crippen molar-refractivity contribution in [2.24, 2.45) is 0 Å². The van der Waals surface area contributed by atoms with Crippen molar-refractivity contribution in [3.63, 3.8) is 0 Å². The summed E-state index contributed by atoms with van der Waals surface area (Å²) in [6, 6.07) is 9.87. The van der Waals surface area contributed by atoms with Crippen molar-refractivity contribution >= 4 is 51.7 Å². The predicted molar refractivity (Wildman–Crippen MR) is 161 cm³/mol. The number of carbonyl (C=O) groups is 1. The summed E-state index contributed by atoms with van der Waals surface area (Å²) >= 11 is 6.78. The molecule has 11 heteroatoms. The highest BCUT2D eigenvalue weighted by Crippen LogP contribution is 2.36. The van der Waals surface area contributed by atoms with E-state index in [-0.39, 0.29) is 24.3 Å². The topological polar surface area (TPSA) is 79.6 Å². The first-order chi connectivity index (χ1) is 19.3. The van der Waals surface area contributed by atoms with Gasteiger partial charge < -0.3 is 14.4 Å². The summed E-state index contributed by atoms with van der Waals surface area (Å²) in [5.74, 6) is 2.02. The molecule has 0 bridgehead atoms. The predicted octanol–water partition coefficient (Wildman–Crippen LogP) is 4.05. The van der Waals surface area contributed by atoms with E-state index in [0.29, 0.717) is 39.3 Å². The Morgan fingerprint density at radius 2 is 1.88 bits per heavy atom. The lowest BCUT2D eigenvalue weighted by Gasteiger charge is -2.36. The molecule has 208 valence electrons. The number of benzene rings is 1. The lowest BCUT2D eigenvalue weighted by atomic mass is 10.1. The Balaban J connectivity index is 1.29. The van der Waals surface area contributed by atoms with E-state index < -0.39 is 0 Å². The Hall–Kier alpha value is -3.41. The number of ether oxygens (including phenoxy) is 2. The molecule has 40 heavy (non-hydrogen) atoms. The van der Waals surface area contributed by atoms with Crippen LogP contribution in [0.15, 0.2) is 46.2 Å². The fraction of sp³-hybridized carbons (Fsp3) is 0.379. The van der Waals surface area contributed by atoms with Gasteiger partial charge in [-0.1, -0.05) is 43.0 Å². The van der Waals surface area contributed by atoms with Crippen LogP contribution in [0.5, 0.6) is 11.5 Å². The molecule has 0 spiro atoms. The molecular formula is C29H31N5O4S2. The normalized spacial score (nSPS) is 19.3. The van der Waals surface area contributed by atoms with Crippen molar-refractivity contribution in [3.05, 3.63) is 68.5 Å². The molecule has 1 amide bonds. The van der Waals surface area contributed by atoms with Gasteiger partial charge in [0.1, 0.15) is 15.8 Å². The molecule has 3 aliphatic rings. The highest BCUT2D eigenvalue weighted by atomic mass is 32.2. The minimum absolute atomic E-state index is 0.00539. The number of thiocarbonyl (C=S) groups is 1. The Bertz CT molecular complexity index is 1600. The van der Waals surface area contributed by atoms with Crippen LogP contribution in [0.3, 0.4) is 0 Å². The third kappa shape index (κ3) is 4.97. The van der Waals surface area contributed by atoms with Gasteiger partial charge in [-0.25, -0.2) is 4.98 Å². The SMILES string of the molecule is CC[C@H](C)N1C(=O)/C(=C/c2c(N3CCN(Cc4ccc5c(c4)OCO5)CC3)nc3ccc(C)cn3c2=O)SC1=S. The fourth-order valence-electron chi connectivity index (χ4n) is 5.20. The van der Waals surface area contributed by atoms with E-state index in [1.165, 1.54) is 17.3 Å². The van der Waals surface area contributed by atoms with E-state index in [1.54, 1.807) is 21.6 Å². The second-order valence-corrected chi connectivity index (χ2v) is 12.0. The third-order valence-corrected chi connectivity index (χ3v) is 8.96. The molecule has 2 fully saturated rings. The maximum atomic E-state index is 13.8. The Morgan fingerprint density at radius 1 is 1.10 bits per heavy atom. The van der Waals surface area contributed by atoms with Crippen molar-refractivity contribution in [2.45, 2.75) is 39.8 Å². The number of carbonyl (C=O) groups excluding carboxylic acids is 1. The third-order valence-electron chi connectivity index (χ3n) is 7.63. The summed E-state index contributed by atoms with van der Waals surface area (Å²) in [4.78, 5) is 38.7. The highest BCUT2D eigenvalue weighted by Gasteiger charge is 2.35. The molecule has 9 nitrogen and oxygen atoms in total. The number of aromatic nitrogens is 2. The van der Waals surface area contributed by atoms with Gasteiger partial charge in [0.05, 0.1) is 10.5 Å². The van der Waals surface area contributed by atoms with Crippen molar-refractivity contribution in [2.75, 3.05) is 37.9 Å². The first-order valence-corrected chi connectivity index (χ1v) is 14.7. The average Bonchev–Trinajstić information content (AvgIpc) is 3.53. The van der Waals surface area contributed by atoms with Gasteiger partial charge >= 0.3 is 0 Å². The van der Waals surface area contributed by atoms with E-state index in [0.717, 1.165) is 43.1 Å². The van der Waals surface area contributed by atoms with Crippen molar-refractivity contribution in [1.82, 2.24) is 19.2 Å². The number of nitrogens with zero attached hydrogens (tertiary/aromatic N) is 5. The molecule has 3 aromatic rings. The van der Waals surface area contributed by atoms with Gasteiger partial charge in [0.15, 0.2) is 11.5 Å². The first kappa shape index (κ1) is 26.8. The minimum Gasteiger partial charge on any atom is -0.454 e. The van der Waals surface area contributed by atoms with E-state index >= 15 is 0 Å². The van der Waals surface area contributed by atoms with E-state index in [9.17, 15) is 9.59 Å². The number of thioether (sulfide) groups is 1. The second kappa shape index (κ2) is 10.9. The van der Waals surface area contributed by atoms with Gasteiger partial charge in [-0.15, -0.1) is 0 Å². The number of amides is 1. The molecule has 0 N–H and O–H groups in total. The van der Waals surface area contributed by atoms with Gasteiger partial charge in [-0.2, -0.15) is 0 Å². The molecule has 1 aromatic carbocycles. The maximum absolute atomic E-state index is 13.8. The summed E-state index contributed by atoms with van der Waals surface area (Å²) in [6.45, 7) is 10.0. The van der Waals surface area contributed by atoms with Crippen LogP contribution in [-0.2, 0) is 11.3 Å². The fourth-order valence-corrected chi connectivity index (χ4v) is 6.65. The number of pyridine rings is 1. The van der Waals surface area contributed by atoms with E-state index in [1.807, 2.05) is 45.0 Å². The van der Waals surface area contributed by atoms with Crippen LogP contribution >= 0.6 is 24.0 Å². The van der Waals surface area contributed by atoms with Gasteiger partial charge in [0.25, 0.3) is 11.5 Å². The number of hydrogen-bond donors (Lipinski definition) is 0. The quantitative estimate of drug-likeness (QED) is 0.318. The zero-order chi connectivity index (χ0) is 28.0. The molecule has 1 atom stereocenters. The summed E-state index contributed by atoms with van der Waals surface area (Å²) in [6.07, 6.45) is 4.28.